The van der Waals surface area contributed by atoms with Crippen molar-refractivity contribution in [3.05, 3.63) is 142 Å². The van der Waals surface area contributed by atoms with Gasteiger partial charge in [-0.25, -0.2) is 8.42 Å². The van der Waals surface area contributed by atoms with Gasteiger partial charge in [0.15, 0.2) is 0 Å². The van der Waals surface area contributed by atoms with Crippen molar-refractivity contribution in [3.63, 3.8) is 0 Å². The Morgan fingerprint density at radius 1 is 0.632 bits per heavy atom. The zero-order valence-electron chi connectivity index (χ0n) is 20.8. The maximum Gasteiger partial charge on any atom is 0.282 e. The molecule has 1 aliphatic rings. The van der Waals surface area contributed by atoms with Gasteiger partial charge in [0.25, 0.3) is 10.0 Å². The minimum absolute atomic E-state index is 0.0625. The van der Waals surface area contributed by atoms with Crippen molar-refractivity contribution in [1.29, 1.82) is 0 Å². The zero-order chi connectivity index (χ0) is 26.9. The minimum Gasteiger partial charge on any atom is -0.575 e. The van der Waals surface area contributed by atoms with Gasteiger partial charge in [-0.1, -0.05) is 96.1 Å². The van der Waals surface area contributed by atoms with Gasteiger partial charge in [0.05, 0.1) is 15.5 Å². The van der Waals surface area contributed by atoms with Crippen LogP contribution in [0.5, 0.6) is 0 Å². The molecular weight excluding hydrogens is 516 g/mol. The molecule has 0 amide bonds. The summed E-state index contributed by atoms with van der Waals surface area (Å²) < 4.78 is 62.1. The number of hydrogen-bond donors (Lipinski definition) is 0. The average molecular weight is 542 g/mol. The van der Waals surface area contributed by atoms with Gasteiger partial charge >= 0.3 is 0 Å². The molecule has 4 aromatic rings. The predicted octanol–water partition coefficient (Wildman–Crippen LogP) is 6.40. The Kier molecular flexibility index (Phi) is 6.77. The molecule has 0 saturated heterocycles. The van der Waals surface area contributed by atoms with Crippen LogP contribution in [0.3, 0.4) is 0 Å². The summed E-state index contributed by atoms with van der Waals surface area (Å²) >= 11 is 0. The molecule has 0 heterocycles. The van der Waals surface area contributed by atoms with Crippen LogP contribution >= 0.6 is 0 Å². The molecule has 8 heteroatoms. The Balaban J connectivity index is 1.71. The van der Waals surface area contributed by atoms with Gasteiger partial charge < -0.3 is 4.72 Å². The van der Waals surface area contributed by atoms with Gasteiger partial charge in [-0.2, -0.15) is 12.8 Å². The summed E-state index contributed by atoms with van der Waals surface area (Å²) in [5.41, 5.74) is 4.08. The van der Waals surface area contributed by atoms with E-state index >= 15 is 0 Å². The monoisotopic (exact) mass is 541 g/mol. The molecule has 1 atom stereocenters. The third kappa shape index (κ3) is 5.05. The van der Waals surface area contributed by atoms with Crippen molar-refractivity contribution >= 4 is 31.3 Å². The van der Waals surface area contributed by atoms with Crippen LogP contribution in [0.25, 0.3) is 10.3 Å². The van der Waals surface area contributed by atoms with E-state index in [1.165, 1.54) is 24.3 Å². The lowest BCUT2D eigenvalue weighted by Gasteiger charge is -2.44. The summed E-state index contributed by atoms with van der Waals surface area (Å²) in [6, 6.07) is 31.0. The van der Waals surface area contributed by atoms with E-state index in [0.717, 1.165) is 11.1 Å². The highest BCUT2D eigenvalue weighted by Crippen LogP contribution is 2.50. The van der Waals surface area contributed by atoms with Crippen molar-refractivity contribution in [2.75, 3.05) is 0 Å². The minimum atomic E-state index is -4.08. The maximum absolute atomic E-state index is 13.4. The molecule has 0 aliphatic heterocycles. The van der Waals surface area contributed by atoms with Crippen LogP contribution in [0.1, 0.15) is 28.2 Å². The van der Waals surface area contributed by atoms with E-state index in [0.29, 0.717) is 16.7 Å². The number of benzene rings is 4. The molecule has 5 rings (SSSR count). The normalized spacial score (nSPS) is 16.8. The standard InChI is InChI=1S/C30H25N2O4S2/c1-21-13-17-25(18-14-21)37(33,34)31-29-27(23-9-5-3-6-10-23)30(28(29)24-11-7-4-8-12-24)32-38(35,36)26-19-15-22(2)16-20-26/h3-20,27H,1-2H3/q-1. The van der Waals surface area contributed by atoms with Crippen LogP contribution in [-0.4, -0.2) is 22.5 Å². The first-order valence-corrected chi connectivity index (χ1v) is 14.8. The van der Waals surface area contributed by atoms with Gasteiger partial charge in [0, 0.05) is 5.92 Å². The lowest BCUT2D eigenvalue weighted by Crippen LogP contribution is -2.30. The molecule has 0 aromatic heterocycles. The molecule has 0 saturated carbocycles. The second-order valence-corrected chi connectivity index (χ2v) is 12.3. The van der Waals surface area contributed by atoms with Crippen molar-refractivity contribution in [1.82, 2.24) is 0 Å². The van der Waals surface area contributed by atoms with Gasteiger partial charge in [0.2, 0.25) is 0 Å². The highest BCUT2D eigenvalue weighted by atomic mass is 32.2. The summed E-state index contributed by atoms with van der Waals surface area (Å²) in [6.45, 7) is 3.75. The molecular formula is C30H25N2O4S2-. The third-order valence-corrected chi connectivity index (χ3v) is 8.94. The summed E-state index contributed by atoms with van der Waals surface area (Å²) in [5, 5.41) is 0. The molecule has 0 N–H and O–H groups in total. The molecule has 1 aliphatic carbocycles. The van der Waals surface area contributed by atoms with Gasteiger partial charge in [0.1, 0.15) is 10.0 Å². The third-order valence-electron chi connectivity index (χ3n) is 6.33. The van der Waals surface area contributed by atoms with E-state index < -0.39 is 26.0 Å². The zero-order valence-corrected chi connectivity index (χ0v) is 22.4. The van der Waals surface area contributed by atoms with Crippen molar-refractivity contribution < 1.29 is 16.8 Å². The summed E-state index contributed by atoms with van der Waals surface area (Å²) in [7, 11) is -8.16. The van der Waals surface area contributed by atoms with E-state index in [4.69, 9.17) is 0 Å². The first-order chi connectivity index (χ1) is 18.2. The number of rotatable bonds is 7. The quantitative estimate of drug-likeness (QED) is 0.270. The molecule has 192 valence electrons. The van der Waals surface area contributed by atoms with Crippen molar-refractivity contribution in [2.45, 2.75) is 29.6 Å². The molecule has 0 spiro atoms. The molecule has 38 heavy (non-hydrogen) atoms. The second-order valence-electron chi connectivity index (χ2n) is 9.11. The Morgan fingerprint density at radius 3 is 1.68 bits per heavy atom. The number of nitrogens with zero attached hydrogens (tertiary/aromatic N) is 2. The Morgan fingerprint density at radius 2 is 1.13 bits per heavy atom. The SMILES string of the molecule is Cc1ccc(S(=O)(=O)N=C2C(c3ccccc3)=C([N-]S(=O)(=O)c3ccc(C)cc3)C2c2ccccc2)cc1. The molecule has 1 unspecified atom stereocenters. The fourth-order valence-electron chi connectivity index (χ4n) is 4.31. The van der Waals surface area contributed by atoms with Gasteiger partial charge in [-0.05, 0) is 54.8 Å². The molecule has 0 radical (unpaired) electrons. The van der Waals surface area contributed by atoms with Crippen LogP contribution in [0, 0.1) is 13.8 Å². The van der Waals surface area contributed by atoms with E-state index in [9.17, 15) is 16.8 Å². The fraction of sp³-hybridized carbons (Fsp3) is 0.100. The van der Waals surface area contributed by atoms with Gasteiger partial charge in [-0.3, -0.25) is 0 Å². The van der Waals surface area contributed by atoms with Crippen LogP contribution in [0.4, 0.5) is 0 Å². The molecule has 6 nitrogen and oxygen atoms in total. The van der Waals surface area contributed by atoms with Crippen LogP contribution < -0.4 is 0 Å². The average Bonchev–Trinajstić information content (AvgIpc) is 2.90. The predicted molar refractivity (Wildman–Crippen MR) is 150 cm³/mol. The molecule has 0 bridgehead atoms. The number of hydrogen-bond acceptors (Lipinski definition) is 4. The van der Waals surface area contributed by atoms with E-state index in [-0.39, 0.29) is 21.2 Å². The first-order valence-electron chi connectivity index (χ1n) is 12.0. The largest absolute Gasteiger partial charge is 0.575 e. The highest BCUT2D eigenvalue weighted by molar-refractivity contribution is 7.94. The van der Waals surface area contributed by atoms with Crippen LogP contribution in [0.15, 0.2) is 129 Å². The smallest absolute Gasteiger partial charge is 0.282 e. The molecule has 4 aromatic carbocycles. The number of allylic oxidation sites excluding steroid dienone is 2. The van der Waals surface area contributed by atoms with Gasteiger partial charge in [-0.15, -0.1) is 5.70 Å². The van der Waals surface area contributed by atoms with Crippen LogP contribution in [0.2, 0.25) is 0 Å². The fourth-order valence-corrected chi connectivity index (χ4v) is 6.40. The van der Waals surface area contributed by atoms with E-state index in [1.54, 1.807) is 48.5 Å². The molecule has 0 fully saturated rings. The topological polar surface area (TPSA) is 94.7 Å². The maximum atomic E-state index is 13.4. The highest BCUT2D eigenvalue weighted by Gasteiger charge is 2.36. The van der Waals surface area contributed by atoms with Crippen molar-refractivity contribution in [3.8, 4) is 0 Å². The Labute approximate surface area is 223 Å². The Bertz CT molecular complexity index is 1740. The van der Waals surface area contributed by atoms with E-state index in [2.05, 4.69) is 9.12 Å². The summed E-state index contributed by atoms with van der Waals surface area (Å²) in [5.74, 6) is -0.744. The Hall–Kier alpha value is -4.01. The van der Waals surface area contributed by atoms with Crippen molar-refractivity contribution in [2.24, 2.45) is 4.40 Å². The summed E-state index contributed by atoms with van der Waals surface area (Å²) in [4.78, 5) is 0.125. The van der Waals surface area contributed by atoms with Crippen LogP contribution in [-0.2, 0) is 20.0 Å². The first kappa shape index (κ1) is 25.6. The number of sulfonamides is 2. The second kappa shape index (κ2) is 10.0. The van der Waals surface area contributed by atoms with E-state index in [1.807, 2.05) is 50.2 Å². The lowest BCUT2D eigenvalue weighted by molar-refractivity contribution is 0.597. The summed E-state index contributed by atoms with van der Waals surface area (Å²) in [6.07, 6.45) is 0. The number of aryl methyl sites for hydroxylation is 2. The lowest BCUT2D eigenvalue weighted by atomic mass is 9.73.